The van der Waals surface area contributed by atoms with Crippen LogP contribution in [0.25, 0.3) is 0 Å². The van der Waals surface area contributed by atoms with Gasteiger partial charge in [-0.15, -0.1) is 0 Å². The Hall–Kier alpha value is -3.19. The van der Waals surface area contributed by atoms with E-state index in [1.807, 2.05) is 13.8 Å². The number of aryl methyl sites for hydroxylation is 2. The molecule has 0 unspecified atom stereocenters. The fourth-order valence-electron chi connectivity index (χ4n) is 2.76. The van der Waals surface area contributed by atoms with Crippen molar-refractivity contribution in [3.8, 4) is 17.2 Å². The van der Waals surface area contributed by atoms with Crippen LogP contribution >= 0.6 is 11.6 Å². The van der Waals surface area contributed by atoms with Crippen LogP contribution in [0.4, 0.5) is 5.69 Å². The number of halogens is 1. The number of amides is 1. The van der Waals surface area contributed by atoms with Gasteiger partial charge in [0.1, 0.15) is 18.1 Å². The Morgan fingerprint density at radius 2 is 1.79 bits per heavy atom. The van der Waals surface area contributed by atoms with Crippen molar-refractivity contribution in [2.24, 2.45) is 0 Å². The van der Waals surface area contributed by atoms with Gasteiger partial charge >= 0.3 is 0 Å². The van der Waals surface area contributed by atoms with Gasteiger partial charge in [0.15, 0.2) is 11.5 Å². The molecule has 1 N–H and O–H groups in total. The standard InChI is InChI=1S/C21H21ClN2O5/c1-12-16(13(2)29-24-12)11-28-19-7-5-14(9-20(19)27-4)21(25)23-17-10-15(22)6-8-18(17)26-3/h5-10H,11H2,1-4H3,(H,23,25). The number of carbonyl (C=O) groups is 1. The highest BCUT2D eigenvalue weighted by Crippen LogP contribution is 2.31. The second-order valence-corrected chi connectivity index (χ2v) is 6.69. The number of anilines is 1. The molecular weight excluding hydrogens is 396 g/mol. The molecule has 0 fully saturated rings. The highest BCUT2D eigenvalue weighted by Gasteiger charge is 2.15. The molecule has 3 rings (SSSR count). The molecule has 1 aromatic heterocycles. The van der Waals surface area contributed by atoms with Crippen molar-refractivity contribution in [2.75, 3.05) is 19.5 Å². The van der Waals surface area contributed by atoms with E-state index >= 15 is 0 Å². The molecule has 0 atom stereocenters. The predicted molar refractivity (Wildman–Crippen MR) is 109 cm³/mol. The minimum atomic E-state index is -0.332. The van der Waals surface area contributed by atoms with Gasteiger partial charge in [-0.1, -0.05) is 16.8 Å². The van der Waals surface area contributed by atoms with Crippen LogP contribution in [0.1, 0.15) is 27.4 Å². The molecule has 0 aliphatic carbocycles. The molecule has 29 heavy (non-hydrogen) atoms. The number of methoxy groups -OCH3 is 2. The van der Waals surface area contributed by atoms with Crippen LogP contribution in [0.2, 0.25) is 5.02 Å². The van der Waals surface area contributed by atoms with Gasteiger partial charge < -0.3 is 24.1 Å². The van der Waals surface area contributed by atoms with Crippen LogP contribution in [0.5, 0.6) is 17.2 Å². The van der Waals surface area contributed by atoms with Crippen molar-refractivity contribution in [1.82, 2.24) is 5.16 Å². The Morgan fingerprint density at radius 3 is 2.45 bits per heavy atom. The molecule has 0 aliphatic heterocycles. The first-order valence-corrected chi connectivity index (χ1v) is 9.18. The molecule has 1 amide bonds. The first kappa shape index (κ1) is 20.5. The third kappa shape index (κ3) is 4.63. The van der Waals surface area contributed by atoms with Gasteiger partial charge in [-0.3, -0.25) is 4.79 Å². The number of ether oxygens (including phenoxy) is 3. The lowest BCUT2D eigenvalue weighted by molar-refractivity contribution is 0.102. The van der Waals surface area contributed by atoms with Crippen molar-refractivity contribution in [2.45, 2.75) is 20.5 Å². The Kier molecular flexibility index (Phi) is 6.29. The number of hydrogen-bond acceptors (Lipinski definition) is 6. The van der Waals surface area contributed by atoms with Gasteiger partial charge in [-0.25, -0.2) is 0 Å². The molecule has 8 heteroatoms. The summed E-state index contributed by atoms with van der Waals surface area (Å²) in [5, 5.41) is 7.19. The van der Waals surface area contributed by atoms with Crippen LogP contribution in [0.15, 0.2) is 40.9 Å². The van der Waals surface area contributed by atoms with E-state index in [2.05, 4.69) is 10.5 Å². The SMILES string of the molecule is COc1ccc(Cl)cc1NC(=O)c1ccc(OCc2c(C)noc2C)c(OC)c1. The topological polar surface area (TPSA) is 82.8 Å². The van der Waals surface area contributed by atoms with Gasteiger partial charge in [0.2, 0.25) is 0 Å². The lowest BCUT2D eigenvalue weighted by Gasteiger charge is -2.13. The first-order valence-electron chi connectivity index (χ1n) is 8.80. The van der Waals surface area contributed by atoms with E-state index in [1.165, 1.54) is 14.2 Å². The third-order valence-corrected chi connectivity index (χ3v) is 4.62. The molecule has 3 aromatic rings. The first-order chi connectivity index (χ1) is 13.9. The van der Waals surface area contributed by atoms with Crippen molar-refractivity contribution < 1.29 is 23.5 Å². The van der Waals surface area contributed by atoms with Crippen LogP contribution in [0.3, 0.4) is 0 Å². The Morgan fingerprint density at radius 1 is 1.07 bits per heavy atom. The molecular formula is C21H21ClN2O5. The number of hydrogen-bond donors (Lipinski definition) is 1. The second-order valence-electron chi connectivity index (χ2n) is 6.26. The van der Waals surface area contributed by atoms with Gasteiger partial charge in [0.05, 0.1) is 31.2 Å². The number of rotatable bonds is 7. The predicted octanol–water partition coefficient (Wildman–Crippen LogP) is 4.79. The number of benzene rings is 2. The summed E-state index contributed by atoms with van der Waals surface area (Å²) in [6.07, 6.45) is 0. The van der Waals surface area contributed by atoms with Crippen LogP contribution in [-0.4, -0.2) is 25.3 Å². The minimum Gasteiger partial charge on any atom is -0.495 e. The molecule has 2 aromatic carbocycles. The van der Waals surface area contributed by atoms with E-state index in [1.54, 1.807) is 36.4 Å². The molecule has 7 nitrogen and oxygen atoms in total. The molecule has 1 heterocycles. The fourth-order valence-corrected chi connectivity index (χ4v) is 2.93. The van der Waals surface area contributed by atoms with Gasteiger partial charge in [-0.2, -0.15) is 0 Å². The molecule has 0 saturated carbocycles. The zero-order valence-electron chi connectivity index (χ0n) is 16.5. The maximum Gasteiger partial charge on any atom is 0.255 e. The zero-order chi connectivity index (χ0) is 21.0. The minimum absolute atomic E-state index is 0.281. The molecule has 0 saturated heterocycles. The second kappa shape index (κ2) is 8.87. The van der Waals surface area contributed by atoms with Crippen molar-refractivity contribution >= 4 is 23.2 Å². The number of carbonyl (C=O) groups excluding carboxylic acids is 1. The Bertz CT molecular complexity index is 1010. The third-order valence-electron chi connectivity index (χ3n) is 4.39. The van der Waals surface area contributed by atoms with Gasteiger partial charge in [0.25, 0.3) is 5.91 Å². The molecule has 152 valence electrons. The summed E-state index contributed by atoms with van der Waals surface area (Å²) in [6.45, 7) is 3.96. The summed E-state index contributed by atoms with van der Waals surface area (Å²) in [4.78, 5) is 12.7. The Balaban J connectivity index is 1.77. The van der Waals surface area contributed by atoms with E-state index in [4.69, 9.17) is 30.3 Å². The van der Waals surface area contributed by atoms with Crippen molar-refractivity contribution in [1.29, 1.82) is 0 Å². The number of nitrogens with zero attached hydrogens (tertiary/aromatic N) is 1. The summed E-state index contributed by atoms with van der Waals surface area (Å²) in [7, 11) is 3.03. The van der Waals surface area contributed by atoms with Crippen LogP contribution in [-0.2, 0) is 6.61 Å². The maximum atomic E-state index is 12.7. The lowest BCUT2D eigenvalue weighted by Crippen LogP contribution is -2.13. The van der Waals surface area contributed by atoms with E-state index in [-0.39, 0.29) is 12.5 Å². The summed E-state index contributed by atoms with van der Waals surface area (Å²) in [5.41, 5.74) is 2.52. The van der Waals surface area contributed by atoms with Crippen molar-refractivity contribution in [3.63, 3.8) is 0 Å². The quantitative estimate of drug-likeness (QED) is 0.596. The average Bonchev–Trinajstić information content (AvgIpc) is 3.04. The maximum absolute atomic E-state index is 12.7. The molecule has 0 radical (unpaired) electrons. The molecule has 0 aliphatic rings. The Labute approximate surface area is 173 Å². The van der Waals surface area contributed by atoms with E-state index in [9.17, 15) is 4.79 Å². The highest BCUT2D eigenvalue weighted by atomic mass is 35.5. The van der Waals surface area contributed by atoms with E-state index in [0.717, 1.165) is 11.3 Å². The summed E-state index contributed by atoms with van der Waals surface area (Å²) in [5.74, 6) is 1.81. The largest absolute Gasteiger partial charge is 0.495 e. The normalized spacial score (nSPS) is 10.5. The van der Waals surface area contributed by atoms with Crippen LogP contribution in [0, 0.1) is 13.8 Å². The average molecular weight is 417 g/mol. The fraction of sp³-hybridized carbons (Fsp3) is 0.238. The molecule has 0 spiro atoms. The van der Waals surface area contributed by atoms with Gasteiger partial charge in [-0.05, 0) is 50.2 Å². The van der Waals surface area contributed by atoms with E-state index in [0.29, 0.717) is 39.3 Å². The van der Waals surface area contributed by atoms with Crippen LogP contribution < -0.4 is 19.5 Å². The summed E-state index contributed by atoms with van der Waals surface area (Å²) in [6, 6.07) is 9.93. The highest BCUT2D eigenvalue weighted by molar-refractivity contribution is 6.31. The summed E-state index contributed by atoms with van der Waals surface area (Å²) < 4.78 is 21.6. The monoisotopic (exact) mass is 416 g/mol. The smallest absolute Gasteiger partial charge is 0.255 e. The number of aromatic nitrogens is 1. The van der Waals surface area contributed by atoms with Gasteiger partial charge in [0, 0.05) is 10.6 Å². The number of nitrogens with one attached hydrogen (secondary N) is 1. The molecule has 0 bridgehead atoms. The van der Waals surface area contributed by atoms with E-state index < -0.39 is 0 Å². The lowest BCUT2D eigenvalue weighted by atomic mass is 10.1. The summed E-state index contributed by atoms with van der Waals surface area (Å²) >= 11 is 6.02. The van der Waals surface area contributed by atoms with Crippen molar-refractivity contribution in [3.05, 3.63) is 64.0 Å². The zero-order valence-corrected chi connectivity index (χ0v) is 17.3.